The van der Waals surface area contributed by atoms with Crippen molar-refractivity contribution >= 4 is 0 Å². The first-order valence-corrected chi connectivity index (χ1v) is 6.76. The smallest absolute Gasteiger partial charge is 0.0601 e. The molecule has 0 bridgehead atoms. The van der Waals surface area contributed by atoms with Gasteiger partial charge in [0.25, 0.3) is 0 Å². The zero-order valence-electron chi connectivity index (χ0n) is 11.8. The molecule has 0 aromatic heterocycles. The van der Waals surface area contributed by atoms with Gasteiger partial charge in [0.15, 0.2) is 0 Å². The lowest BCUT2D eigenvalue weighted by atomic mass is 9.96. The average Bonchev–Trinajstić information content (AvgIpc) is 2.23. The fourth-order valence-corrected chi connectivity index (χ4v) is 2.60. The van der Waals surface area contributed by atoms with E-state index in [1.807, 2.05) is 0 Å². The molecule has 1 saturated heterocycles. The second-order valence-corrected chi connectivity index (χ2v) is 5.87. The Bertz CT molecular complexity index is 223. The van der Waals surface area contributed by atoms with Gasteiger partial charge in [0.05, 0.1) is 6.61 Å². The molecular weight excluding hydrogens is 214 g/mol. The molecule has 3 atom stereocenters. The van der Waals surface area contributed by atoms with E-state index in [-0.39, 0.29) is 18.7 Å². The number of hydrogen-bond acceptors (Lipinski definition) is 4. The Morgan fingerprint density at radius 3 is 2.47 bits per heavy atom. The number of hydrogen-bond donors (Lipinski definition) is 2. The molecule has 0 radical (unpaired) electrons. The third kappa shape index (κ3) is 4.21. The maximum atomic E-state index is 9.58. The van der Waals surface area contributed by atoms with Crippen molar-refractivity contribution in [2.45, 2.75) is 45.3 Å². The van der Waals surface area contributed by atoms with E-state index in [9.17, 15) is 5.11 Å². The van der Waals surface area contributed by atoms with E-state index >= 15 is 0 Å². The molecule has 0 aromatic rings. The molecule has 102 valence electrons. The monoisotopic (exact) mass is 243 g/mol. The van der Waals surface area contributed by atoms with Crippen molar-refractivity contribution in [1.82, 2.24) is 9.80 Å². The van der Waals surface area contributed by atoms with Gasteiger partial charge in [0.2, 0.25) is 0 Å². The van der Waals surface area contributed by atoms with E-state index in [2.05, 4.69) is 37.6 Å². The van der Waals surface area contributed by atoms with E-state index in [4.69, 9.17) is 5.73 Å². The lowest BCUT2D eigenvalue weighted by molar-refractivity contribution is 0.0336. The molecule has 4 heteroatoms. The van der Waals surface area contributed by atoms with Crippen LogP contribution in [0.15, 0.2) is 0 Å². The molecule has 1 heterocycles. The van der Waals surface area contributed by atoms with Crippen molar-refractivity contribution in [2.75, 3.05) is 33.3 Å². The number of piperazine rings is 1. The summed E-state index contributed by atoms with van der Waals surface area (Å²) in [4.78, 5) is 4.72. The molecule has 1 rings (SSSR count). The number of aliphatic hydroxyl groups is 1. The van der Waals surface area contributed by atoms with Crippen molar-refractivity contribution in [3.8, 4) is 0 Å². The highest BCUT2D eigenvalue weighted by molar-refractivity contribution is 4.87. The zero-order valence-corrected chi connectivity index (χ0v) is 11.8. The molecule has 1 aliphatic rings. The van der Waals surface area contributed by atoms with Crippen LogP contribution in [0.5, 0.6) is 0 Å². The fraction of sp³-hybridized carbons (Fsp3) is 1.00. The first-order valence-electron chi connectivity index (χ1n) is 6.76. The lowest BCUT2D eigenvalue weighted by Gasteiger charge is -2.43. The Labute approximate surface area is 106 Å². The van der Waals surface area contributed by atoms with Gasteiger partial charge in [0, 0.05) is 37.8 Å². The summed E-state index contributed by atoms with van der Waals surface area (Å²) in [6, 6.07) is 0.744. The Balaban J connectivity index is 2.55. The van der Waals surface area contributed by atoms with Gasteiger partial charge in [-0.2, -0.15) is 0 Å². The third-order valence-electron chi connectivity index (χ3n) is 3.88. The van der Waals surface area contributed by atoms with Crippen LogP contribution in [0.4, 0.5) is 0 Å². The first kappa shape index (κ1) is 14.9. The van der Waals surface area contributed by atoms with Crippen molar-refractivity contribution < 1.29 is 5.11 Å². The quantitative estimate of drug-likeness (QED) is 0.732. The number of rotatable bonds is 5. The minimum absolute atomic E-state index is 0.0793. The van der Waals surface area contributed by atoms with Gasteiger partial charge in [-0.05, 0) is 26.3 Å². The van der Waals surface area contributed by atoms with Crippen molar-refractivity contribution in [3.05, 3.63) is 0 Å². The molecule has 1 fully saturated rings. The second-order valence-electron chi connectivity index (χ2n) is 5.87. The van der Waals surface area contributed by atoms with Crippen LogP contribution in [0.3, 0.4) is 0 Å². The Hall–Kier alpha value is -0.160. The summed E-state index contributed by atoms with van der Waals surface area (Å²) in [5.74, 6) is 0.587. The van der Waals surface area contributed by atoms with Gasteiger partial charge in [0.1, 0.15) is 0 Å². The molecule has 0 spiro atoms. The number of nitrogens with two attached hydrogens (primary N) is 1. The summed E-state index contributed by atoms with van der Waals surface area (Å²) >= 11 is 0. The highest BCUT2D eigenvalue weighted by Gasteiger charge is 2.29. The van der Waals surface area contributed by atoms with Crippen LogP contribution in [0.2, 0.25) is 0 Å². The van der Waals surface area contributed by atoms with Crippen LogP contribution in [0, 0.1) is 5.92 Å². The van der Waals surface area contributed by atoms with Gasteiger partial charge < -0.3 is 15.7 Å². The Kier molecular flexibility index (Phi) is 5.86. The molecule has 0 aromatic carbocycles. The molecule has 3 unspecified atom stereocenters. The fourth-order valence-electron chi connectivity index (χ4n) is 2.60. The largest absolute Gasteiger partial charge is 0.395 e. The van der Waals surface area contributed by atoms with Crippen LogP contribution >= 0.6 is 0 Å². The lowest BCUT2D eigenvalue weighted by Crippen LogP contribution is -2.59. The predicted octanol–water partition coefficient (Wildman–Crippen LogP) is 0.357. The van der Waals surface area contributed by atoms with Gasteiger partial charge >= 0.3 is 0 Å². The molecule has 17 heavy (non-hydrogen) atoms. The molecule has 0 saturated carbocycles. The van der Waals surface area contributed by atoms with Gasteiger partial charge in [-0.15, -0.1) is 0 Å². The molecule has 4 nitrogen and oxygen atoms in total. The Morgan fingerprint density at radius 2 is 2.00 bits per heavy atom. The van der Waals surface area contributed by atoms with E-state index in [1.54, 1.807) is 0 Å². The predicted molar refractivity (Wildman–Crippen MR) is 72.0 cm³/mol. The SMILES string of the molecule is CC(C)CC(N)C(CO)N1CCN(C)C(C)C1. The summed E-state index contributed by atoms with van der Waals surface area (Å²) in [5.41, 5.74) is 6.23. The molecule has 0 amide bonds. The van der Waals surface area contributed by atoms with Gasteiger partial charge in [-0.1, -0.05) is 13.8 Å². The summed E-state index contributed by atoms with van der Waals surface area (Å²) in [7, 11) is 2.16. The second kappa shape index (κ2) is 6.69. The maximum absolute atomic E-state index is 9.58. The summed E-state index contributed by atoms with van der Waals surface area (Å²) in [6.45, 7) is 9.85. The van der Waals surface area contributed by atoms with E-state index in [0.29, 0.717) is 12.0 Å². The van der Waals surface area contributed by atoms with Crippen LogP contribution in [0.1, 0.15) is 27.2 Å². The molecular formula is C13H29N3O. The minimum Gasteiger partial charge on any atom is -0.395 e. The topological polar surface area (TPSA) is 52.7 Å². The molecule has 1 aliphatic heterocycles. The number of likely N-dealkylation sites (N-methyl/N-ethyl adjacent to an activating group) is 1. The van der Waals surface area contributed by atoms with Crippen molar-refractivity contribution in [1.29, 1.82) is 0 Å². The van der Waals surface area contributed by atoms with Crippen molar-refractivity contribution in [2.24, 2.45) is 11.7 Å². The summed E-state index contributed by atoms with van der Waals surface area (Å²) < 4.78 is 0. The number of nitrogens with zero attached hydrogens (tertiary/aromatic N) is 2. The van der Waals surface area contributed by atoms with Crippen LogP contribution in [-0.4, -0.2) is 66.3 Å². The molecule has 0 aliphatic carbocycles. The minimum atomic E-state index is 0.0793. The van der Waals surface area contributed by atoms with Gasteiger partial charge in [-0.25, -0.2) is 0 Å². The molecule has 3 N–H and O–H groups in total. The highest BCUT2D eigenvalue weighted by Crippen LogP contribution is 2.15. The summed E-state index contributed by atoms with van der Waals surface area (Å²) in [6.07, 6.45) is 0.978. The van der Waals surface area contributed by atoms with Crippen LogP contribution in [-0.2, 0) is 0 Å². The van der Waals surface area contributed by atoms with Crippen LogP contribution in [0.25, 0.3) is 0 Å². The van der Waals surface area contributed by atoms with E-state index in [0.717, 1.165) is 26.1 Å². The van der Waals surface area contributed by atoms with E-state index < -0.39 is 0 Å². The third-order valence-corrected chi connectivity index (χ3v) is 3.88. The summed E-state index contributed by atoms with van der Waals surface area (Å²) in [5, 5.41) is 9.58. The van der Waals surface area contributed by atoms with E-state index in [1.165, 1.54) is 0 Å². The number of aliphatic hydroxyl groups excluding tert-OH is 1. The average molecular weight is 243 g/mol. The zero-order chi connectivity index (χ0) is 13.0. The highest BCUT2D eigenvalue weighted by atomic mass is 16.3. The normalized spacial score (nSPS) is 27.4. The van der Waals surface area contributed by atoms with Crippen LogP contribution < -0.4 is 5.73 Å². The first-order chi connectivity index (χ1) is 7.95. The van der Waals surface area contributed by atoms with Crippen molar-refractivity contribution in [3.63, 3.8) is 0 Å². The van der Waals surface area contributed by atoms with Gasteiger partial charge in [-0.3, -0.25) is 4.90 Å². The maximum Gasteiger partial charge on any atom is 0.0601 e. The Morgan fingerprint density at radius 1 is 1.35 bits per heavy atom. The standard InChI is InChI=1S/C13H29N3O/c1-10(2)7-12(14)13(9-17)16-6-5-15(4)11(3)8-16/h10-13,17H,5-9,14H2,1-4H3.